The maximum absolute atomic E-state index is 9.67. The fourth-order valence-electron chi connectivity index (χ4n) is 2.40. The Bertz CT molecular complexity index is 968. The third-order valence-corrected chi connectivity index (χ3v) is 4.53. The molecule has 1 aromatic heterocycles. The third-order valence-electron chi connectivity index (χ3n) is 3.48. The van der Waals surface area contributed by atoms with Crippen molar-refractivity contribution in [3.8, 4) is 17.9 Å². The summed E-state index contributed by atoms with van der Waals surface area (Å²) < 4.78 is 8.69. The first-order chi connectivity index (χ1) is 12.8. The number of hydrogen-bond donors (Lipinski definition) is 2. The summed E-state index contributed by atoms with van der Waals surface area (Å²) in [6, 6.07) is 7.70. The van der Waals surface area contributed by atoms with Crippen LogP contribution < -0.4 is 10.5 Å². The van der Waals surface area contributed by atoms with E-state index >= 15 is 0 Å². The molecule has 0 fully saturated rings. The lowest BCUT2D eigenvalue weighted by molar-refractivity contribution is 0.240. The monoisotopic (exact) mass is 493 g/mol. The molecule has 3 N–H and O–H groups in total. The summed E-state index contributed by atoms with van der Waals surface area (Å²) in [4.78, 5) is 0. The van der Waals surface area contributed by atoms with E-state index in [1.165, 1.54) is 4.68 Å². The highest BCUT2D eigenvalue weighted by Gasteiger charge is 2.20. The largest absolute Gasteiger partial charge is 0.489 e. The summed E-state index contributed by atoms with van der Waals surface area (Å²) in [5.74, 6) is 0.680. The average Bonchev–Trinajstić information content (AvgIpc) is 2.91. The second-order valence-electron chi connectivity index (χ2n) is 5.81. The molecule has 1 heterocycles. The molecular formula is C18H17Br2N5O2. The molecule has 0 aliphatic rings. The number of aromatic nitrogens is 2. The smallest absolute Gasteiger partial charge is 0.141 e. The Labute approximate surface area is 173 Å². The van der Waals surface area contributed by atoms with E-state index in [1.807, 2.05) is 26.0 Å². The van der Waals surface area contributed by atoms with E-state index in [4.69, 9.17) is 15.6 Å². The van der Waals surface area contributed by atoms with Crippen molar-refractivity contribution in [2.24, 2.45) is 0 Å². The fraction of sp³-hybridized carbons (Fsp3) is 0.278. The van der Waals surface area contributed by atoms with Crippen LogP contribution in [-0.4, -0.2) is 27.6 Å². The number of anilines is 1. The van der Waals surface area contributed by atoms with E-state index in [0.717, 1.165) is 8.95 Å². The van der Waals surface area contributed by atoms with E-state index in [9.17, 15) is 10.5 Å². The van der Waals surface area contributed by atoms with Crippen molar-refractivity contribution in [2.45, 2.75) is 26.5 Å². The number of allylic oxidation sites excluding steroid dienone is 1. The topological polar surface area (TPSA) is 121 Å². The number of hydrogen-bond acceptors (Lipinski definition) is 6. The normalized spacial score (nSPS) is 11.3. The van der Waals surface area contributed by atoms with Gasteiger partial charge in [-0.15, -0.1) is 0 Å². The summed E-state index contributed by atoms with van der Waals surface area (Å²) in [5.41, 5.74) is 6.98. The van der Waals surface area contributed by atoms with Crippen LogP contribution in [0.5, 0.6) is 5.75 Å². The predicted molar refractivity (Wildman–Crippen MR) is 110 cm³/mol. The number of nitrogens with two attached hydrogens (primary N) is 1. The quantitative estimate of drug-likeness (QED) is 0.590. The summed E-state index contributed by atoms with van der Waals surface area (Å²) in [5, 5.41) is 32.5. The number of rotatable bonds is 6. The zero-order valence-corrected chi connectivity index (χ0v) is 17.9. The Kier molecular flexibility index (Phi) is 7.03. The van der Waals surface area contributed by atoms with Crippen LogP contribution in [0.3, 0.4) is 0 Å². The highest BCUT2D eigenvalue weighted by Crippen LogP contribution is 2.36. The molecule has 0 aliphatic carbocycles. The van der Waals surface area contributed by atoms with Crippen LogP contribution >= 0.6 is 31.9 Å². The van der Waals surface area contributed by atoms with Gasteiger partial charge in [-0.2, -0.15) is 15.6 Å². The molecule has 27 heavy (non-hydrogen) atoms. The van der Waals surface area contributed by atoms with Crippen molar-refractivity contribution in [3.05, 3.63) is 37.9 Å². The molecule has 0 atom stereocenters. The first kappa shape index (κ1) is 21.0. The zero-order chi connectivity index (χ0) is 20.1. The minimum Gasteiger partial charge on any atom is -0.489 e. The summed E-state index contributed by atoms with van der Waals surface area (Å²) in [6.45, 7) is 3.74. The number of aliphatic hydroxyl groups excluding tert-OH is 1. The molecule has 0 unspecified atom stereocenters. The van der Waals surface area contributed by atoms with Gasteiger partial charge in [-0.1, -0.05) is 15.9 Å². The fourth-order valence-corrected chi connectivity index (χ4v) is 3.75. The van der Waals surface area contributed by atoms with Crippen molar-refractivity contribution in [3.63, 3.8) is 0 Å². The lowest BCUT2D eigenvalue weighted by Gasteiger charge is -2.15. The lowest BCUT2D eigenvalue weighted by Crippen LogP contribution is -2.08. The number of benzene rings is 1. The number of aliphatic hydroxyl groups is 1. The van der Waals surface area contributed by atoms with Gasteiger partial charge in [-0.05, 0) is 48.0 Å². The van der Waals surface area contributed by atoms with Gasteiger partial charge in [0.1, 0.15) is 35.0 Å². The van der Waals surface area contributed by atoms with Gasteiger partial charge in [-0.3, -0.25) is 0 Å². The van der Waals surface area contributed by atoms with E-state index in [-0.39, 0.29) is 41.9 Å². The highest BCUT2D eigenvalue weighted by atomic mass is 79.9. The lowest BCUT2D eigenvalue weighted by atomic mass is 10.1. The first-order valence-corrected chi connectivity index (χ1v) is 9.56. The summed E-state index contributed by atoms with van der Waals surface area (Å²) in [6.07, 6.45) is 1.52. The number of nitrogen functional groups attached to an aromatic ring is 1. The van der Waals surface area contributed by atoms with Crippen LogP contribution in [0.15, 0.2) is 21.1 Å². The minimum absolute atomic E-state index is 0.0748. The SMILES string of the molecule is CC(C)Oc1c(Br)cc(Br)cc1C=C(C#N)c1nn(CCO)c(N)c1C#N. The predicted octanol–water partition coefficient (Wildman–Crippen LogP) is 3.71. The van der Waals surface area contributed by atoms with Gasteiger partial charge in [0.05, 0.1) is 29.3 Å². The van der Waals surface area contributed by atoms with Crippen LogP contribution in [-0.2, 0) is 6.54 Å². The Morgan fingerprint density at radius 3 is 2.67 bits per heavy atom. The molecule has 0 spiro atoms. The van der Waals surface area contributed by atoms with Gasteiger partial charge in [0.25, 0.3) is 0 Å². The molecule has 0 radical (unpaired) electrons. The summed E-state index contributed by atoms with van der Waals surface area (Å²) >= 11 is 6.90. The number of nitriles is 2. The minimum atomic E-state index is -0.188. The van der Waals surface area contributed by atoms with Crippen molar-refractivity contribution < 1.29 is 9.84 Å². The van der Waals surface area contributed by atoms with Crippen LogP contribution in [0.2, 0.25) is 0 Å². The Balaban J connectivity index is 2.67. The van der Waals surface area contributed by atoms with Crippen LogP contribution in [0, 0.1) is 22.7 Å². The van der Waals surface area contributed by atoms with Gasteiger partial charge >= 0.3 is 0 Å². The second kappa shape index (κ2) is 9.05. The van der Waals surface area contributed by atoms with E-state index < -0.39 is 0 Å². The van der Waals surface area contributed by atoms with Gasteiger partial charge < -0.3 is 15.6 Å². The van der Waals surface area contributed by atoms with Crippen molar-refractivity contribution in [1.29, 1.82) is 10.5 Å². The maximum atomic E-state index is 9.67. The van der Waals surface area contributed by atoms with E-state index in [0.29, 0.717) is 11.3 Å². The van der Waals surface area contributed by atoms with Crippen LogP contribution in [0.1, 0.15) is 30.7 Å². The summed E-state index contributed by atoms with van der Waals surface area (Å²) in [7, 11) is 0. The Morgan fingerprint density at radius 1 is 1.41 bits per heavy atom. The molecule has 0 saturated heterocycles. The molecule has 0 amide bonds. The van der Waals surface area contributed by atoms with Gasteiger partial charge in [0.2, 0.25) is 0 Å². The van der Waals surface area contributed by atoms with E-state index in [1.54, 1.807) is 12.1 Å². The Morgan fingerprint density at radius 2 is 2.11 bits per heavy atom. The van der Waals surface area contributed by atoms with Gasteiger partial charge in [-0.25, -0.2) is 4.68 Å². The molecule has 9 heteroatoms. The Hall–Kier alpha value is -2.33. The molecule has 2 rings (SSSR count). The molecule has 0 aliphatic heterocycles. The molecule has 140 valence electrons. The molecule has 0 saturated carbocycles. The molecular weight excluding hydrogens is 478 g/mol. The molecule has 2 aromatic rings. The zero-order valence-electron chi connectivity index (χ0n) is 14.7. The second-order valence-corrected chi connectivity index (χ2v) is 7.58. The van der Waals surface area contributed by atoms with Crippen molar-refractivity contribution >= 4 is 49.3 Å². The standard InChI is InChI=1S/C18H17Br2N5O2/c1-10(2)27-17-11(6-13(19)7-15(17)20)5-12(8-21)16-14(9-22)18(23)25(24-16)3-4-26/h5-7,10,26H,3-4,23H2,1-2H3. The first-order valence-electron chi connectivity index (χ1n) is 7.97. The average molecular weight is 495 g/mol. The third kappa shape index (κ3) is 4.69. The molecule has 0 bridgehead atoms. The van der Waals surface area contributed by atoms with Crippen LogP contribution in [0.25, 0.3) is 11.6 Å². The van der Waals surface area contributed by atoms with Gasteiger partial charge in [0.15, 0.2) is 0 Å². The van der Waals surface area contributed by atoms with Crippen molar-refractivity contribution in [1.82, 2.24) is 9.78 Å². The number of ether oxygens (including phenoxy) is 1. The molecule has 1 aromatic carbocycles. The van der Waals surface area contributed by atoms with Crippen LogP contribution in [0.4, 0.5) is 5.82 Å². The molecule has 7 nitrogen and oxygen atoms in total. The van der Waals surface area contributed by atoms with Crippen molar-refractivity contribution in [2.75, 3.05) is 12.3 Å². The van der Waals surface area contributed by atoms with E-state index in [2.05, 4.69) is 43.0 Å². The number of nitrogens with zero attached hydrogens (tertiary/aromatic N) is 4. The van der Waals surface area contributed by atoms with Gasteiger partial charge in [0, 0.05) is 10.0 Å². The maximum Gasteiger partial charge on any atom is 0.141 e. The number of halogens is 2. The highest BCUT2D eigenvalue weighted by molar-refractivity contribution is 9.11.